The molecule has 162 valence electrons. The molecule has 0 atom stereocenters. The van der Waals surface area contributed by atoms with E-state index in [2.05, 4.69) is 5.32 Å². The highest BCUT2D eigenvalue weighted by molar-refractivity contribution is 7.93. The number of hydrogen-bond acceptors (Lipinski definition) is 6. The van der Waals surface area contributed by atoms with Crippen molar-refractivity contribution in [3.8, 4) is 0 Å². The van der Waals surface area contributed by atoms with E-state index in [1.165, 1.54) is 18.6 Å². The molecule has 31 heavy (non-hydrogen) atoms. The van der Waals surface area contributed by atoms with E-state index in [0.29, 0.717) is 17.8 Å². The Balaban J connectivity index is 1.97. The van der Waals surface area contributed by atoms with Gasteiger partial charge in [-0.05, 0) is 41.6 Å². The van der Waals surface area contributed by atoms with Crippen LogP contribution >= 0.6 is 11.3 Å². The Morgan fingerprint density at radius 2 is 1.71 bits per heavy atom. The van der Waals surface area contributed by atoms with Gasteiger partial charge in [0, 0.05) is 5.69 Å². The summed E-state index contributed by atoms with van der Waals surface area (Å²) in [5.41, 5.74) is 1.88. The molecule has 0 saturated carbocycles. The Bertz CT molecular complexity index is 1170. The number of nitrogens with zero attached hydrogens (tertiary/aromatic N) is 1. The topological polar surface area (TPSA) is 92.8 Å². The molecular formula is C22H22N2O5S2. The predicted molar refractivity (Wildman–Crippen MR) is 121 cm³/mol. The smallest absolute Gasteiger partial charge is 0.349 e. The Hall–Kier alpha value is -3.17. The van der Waals surface area contributed by atoms with Crippen LogP contribution in [0.2, 0.25) is 0 Å². The van der Waals surface area contributed by atoms with Crippen LogP contribution in [-0.2, 0) is 26.0 Å². The number of carbonyl (C=O) groups is 2. The van der Waals surface area contributed by atoms with Gasteiger partial charge in [-0.15, -0.1) is 11.3 Å². The average molecular weight is 459 g/mol. The van der Waals surface area contributed by atoms with Crippen LogP contribution in [0.1, 0.15) is 22.2 Å². The molecule has 0 unspecified atom stereocenters. The van der Waals surface area contributed by atoms with Crippen molar-refractivity contribution in [1.29, 1.82) is 0 Å². The molecule has 1 heterocycles. The van der Waals surface area contributed by atoms with Crippen LogP contribution in [0.15, 0.2) is 70.9 Å². The molecular weight excluding hydrogens is 436 g/mol. The number of methoxy groups -OCH3 is 1. The van der Waals surface area contributed by atoms with Crippen LogP contribution in [-0.4, -0.2) is 33.9 Å². The van der Waals surface area contributed by atoms with Gasteiger partial charge in [0.15, 0.2) is 0 Å². The third-order valence-corrected chi connectivity index (χ3v) is 7.41. The second-order valence-electron chi connectivity index (χ2n) is 6.51. The van der Waals surface area contributed by atoms with Gasteiger partial charge in [0.05, 0.1) is 12.8 Å². The summed E-state index contributed by atoms with van der Waals surface area (Å²) in [7, 11) is -3.03. The maximum absolute atomic E-state index is 13.5. The number of anilines is 2. The fourth-order valence-electron chi connectivity index (χ4n) is 3.04. The van der Waals surface area contributed by atoms with Crippen molar-refractivity contribution < 1.29 is 22.7 Å². The summed E-state index contributed by atoms with van der Waals surface area (Å²) >= 11 is 0.967. The van der Waals surface area contributed by atoms with Crippen molar-refractivity contribution in [2.24, 2.45) is 0 Å². The quantitative estimate of drug-likeness (QED) is 0.516. The molecule has 0 aliphatic rings. The minimum Gasteiger partial charge on any atom is -0.465 e. The zero-order valence-electron chi connectivity index (χ0n) is 17.1. The van der Waals surface area contributed by atoms with Crippen LogP contribution in [0.25, 0.3) is 0 Å². The first-order valence-electron chi connectivity index (χ1n) is 9.49. The lowest BCUT2D eigenvalue weighted by Gasteiger charge is -2.24. The van der Waals surface area contributed by atoms with Crippen molar-refractivity contribution in [3.05, 3.63) is 76.5 Å². The van der Waals surface area contributed by atoms with E-state index in [-0.39, 0.29) is 9.77 Å². The van der Waals surface area contributed by atoms with Crippen LogP contribution in [0.3, 0.4) is 0 Å². The standard InChI is InChI=1S/C22H22N2O5S2/c1-3-16-9-7-8-12-18(16)23-20(25)15-24(17-10-5-4-6-11-17)31(27,28)19-13-14-30-21(19)22(26)29-2/h4-14H,3,15H2,1-2H3,(H,23,25). The Kier molecular flexibility index (Phi) is 7.09. The van der Waals surface area contributed by atoms with Gasteiger partial charge in [-0.1, -0.05) is 43.3 Å². The van der Waals surface area contributed by atoms with E-state index in [0.717, 1.165) is 21.2 Å². The molecule has 9 heteroatoms. The molecule has 0 radical (unpaired) electrons. The lowest BCUT2D eigenvalue weighted by Crippen LogP contribution is -2.38. The summed E-state index contributed by atoms with van der Waals surface area (Å²) in [6.45, 7) is 1.51. The number of rotatable bonds is 8. The van der Waals surface area contributed by atoms with E-state index in [9.17, 15) is 18.0 Å². The maximum atomic E-state index is 13.5. The monoisotopic (exact) mass is 458 g/mol. The Morgan fingerprint density at radius 3 is 2.39 bits per heavy atom. The number of carbonyl (C=O) groups excluding carboxylic acids is 2. The molecule has 1 amide bonds. The third kappa shape index (κ3) is 4.95. The molecule has 7 nitrogen and oxygen atoms in total. The summed E-state index contributed by atoms with van der Waals surface area (Å²) in [5, 5.41) is 4.29. The minimum atomic E-state index is -4.22. The first-order chi connectivity index (χ1) is 14.9. The van der Waals surface area contributed by atoms with Crippen molar-refractivity contribution in [1.82, 2.24) is 0 Å². The molecule has 3 rings (SSSR count). The summed E-state index contributed by atoms with van der Waals surface area (Å²) < 4.78 is 32.7. The lowest BCUT2D eigenvalue weighted by molar-refractivity contribution is -0.114. The number of ether oxygens (including phenoxy) is 1. The number of amides is 1. The van der Waals surface area contributed by atoms with Crippen LogP contribution < -0.4 is 9.62 Å². The predicted octanol–water partition coefficient (Wildman–Crippen LogP) is 3.93. The maximum Gasteiger partial charge on any atom is 0.349 e. The molecule has 2 aromatic carbocycles. The first-order valence-corrected chi connectivity index (χ1v) is 11.8. The fraction of sp³-hybridized carbons (Fsp3) is 0.182. The largest absolute Gasteiger partial charge is 0.465 e. The first kappa shape index (κ1) is 22.5. The molecule has 3 aromatic rings. The van der Waals surface area contributed by atoms with Crippen molar-refractivity contribution in [2.45, 2.75) is 18.2 Å². The van der Waals surface area contributed by atoms with Gasteiger partial charge in [-0.2, -0.15) is 0 Å². The highest BCUT2D eigenvalue weighted by Gasteiger charge is 2.32. The van der Waals surface area contributed by atoms with Gasteiger partial charge in [0.1, 0.15) is 16.3 Å². The number of thiophene rings is 1. The van der Waals surface area contributed by atoms with Gasteiger partial charge in [-0.25, -0.2) is 13.2 Å². The van der Waals surface area contributed by atoms with Crippen LogP contribution in [0, 0.1) is 0 Å². The zero-order chi connectivity index (χ0) is 22.4. The summed E-state index contributed by atoms with van der Waals surface area (Å²) in [6.07, 6.45) is 0.717. The molecule has 1 aromatic heterocycles. The second kappa shape index (κ2) is 9.76. The van der Waals surface area contributed by atoms with Crippen molar-refractivity contribution in [2.75, 3.05) is 23.3 Å². The molecule has 1 N–H and O–H groups in total. The Morgan fingerprint density at radius 1 is 1.03 bits per heavy atom. The van der Waals surface area contributed by atoms with Gasteiger partial charge >= 0.3 is 5.97 Å². The van der Waals surface area contributed by atoms with Crippen molar-refractivity contribution in [3.63, 3.8) is 0 Å². The Labute approximate surface area is 185 Å². The van der Waals surface area contributed by atoms with E-state index in [1.807, 2.05) is 19.1 Å². The molecule has 0 spiro atoms. The minimum absolute atomic E-state index is 0.0415. The van der Waals surface area contributed by atoms with Gasteiger partial charge in [0.2, 0.25) is 5.91 Å². The average Bonchev–Trinajstić information content (AvgIpc) is 3.29. The SMILES string of the molecule is CCc1ccccc1NC(=O)CN(c1ccccc1)S(=O)(=O)c1ccsc1C(=O)OC. The number of nitrogens with one attached hydrogen (secondary N) is 1. The van der Waals surface area contributed by atoms with Crippen molar-refractivity contribution >= 4 is 44.6 Å². The third-order valence-electron chi connectivity index (χ3n) is 4.57. The molecule has 0 aliphatic carbocycles. The number of aryl methyl sites for hydroxylation is 1. The summed E-state index contributed by atoms with van der Waals surface area (Å²) in [5.74, 6) is -1.24. The van der Waals surface area contributed by atoms with E-state index in [4.69, 9.17) is 4.74 Å². The summed E-state index contributed by atoms with van der Waals surface area (Å²) in [4.78, 5) is 24.7. The molecule has 0 fully saturated rings. The van der Waals surface area contributed by atoms with Crippen LogP contribution in [0.5, 0.6) is 0 Å². The highest BCUT2D eigenvalue weighted by atomic mass is 32.2. The van der Waals surface area contributed by atoms with Gasteiger partial charge < -0.3 is 10.1 Å². The molecule has 0 bridgehead atoms. The fourth-order valence-corrected chi connectivity index (χ4v) is 5.77. The lowest BCUT2D eigenvalue weighted by atomic mass is 10.1. The number of para-hydroxylation sites is 2. The van der Waals surface area contributed by atoms with E-state index in [1.54, 1.807) is 42.5 Å². The molecule has 0 aliphatic heterocycles. The normalized spacial score (nSPS) is 11.0. The van der Waals surface area contributed by atoms with Crippen LogP contribution in [0.4, 0.5) is 11.4 Å². The number of esters is 1. The van der Waals surface area contributed by atoms with Gasteiger partial charge in [-0.3, -0.25) is 9.10 Å². The van der Waals surface area contributed by atoms with Gasteiger partial charge in [0.25, 0.3) is 10.0 Å². The number of sulfonamides is 1. The number of benzene rings is 2. The van der Waals surface area contributed by atoms with E-state index < -0.39 is 28.4 Å². The highest BCUT2D eigenvalue weighted by Crippen LogP contribution is 2.29. The zero-order valence-corrected chi connectivity index (χ0v) is 18.7. The summed E-state index contributed by atoms with van der Waals surface area (Å²) in [6, 6.07) is 17.0. The van der Waals surface area contributed by atoms with E-state index >= 15 is 0 Å². The second-order valence-corrected chi connectivity index (χ2v) is 9.26. The number of hydrogen-bond donors (Lipinski definition) is 1. The molecule has 0 saturated heterocycles.